The van der Waals surface area contributed by atoms with Crippen LogP contribution in [0.25, 0.3) is 5.65 Å². The van der Waals surface area contributed by atoms with E-state index < -0.39 is 0 Å². The zero-order chi connectivity index (χ0) is 16.1. The van der Waals surface area contributed by atoms with Crippen molar-refractivity contribution in [3.63, 3.8) is 0 Å². The van der Waals surface area contributed by atoms with Crippen LogP contribution in [0, 0.1) is 6.92 Å². The maximum absolute atomic E-state index is 5.80. The minimum atomic E-state index is 0. The van der Waals surface area contributed by atoms with Gasteiger partial charge in [0.2, 0.25) is 0 Å². The van der Waals surface area contributed by atoms with Crippen LogP contribution >= 0.6 is 12.4 Å². The number of aryl methyl sites for hydroxylation is 1. The number of nitrogens with two attached hydrogens (primary N) is 1. The Morgan fingerprint density at radius 1 is 1.12 bits per heavy atom. The Balaban J connectivity index is 0.00000208. The first kappa shape index (κ1) is 18.5. The van der Waals surface area contributed by atoms with Crippen LogP contribution in [0.1, 0.15) is 16.8 Å². The molecule has 2 N–H and O–H groups in total. The molecule has 0 aliphatic heterocycles. The summed E-state index contributed by atoms with van der Waals surface area (Å²) in [6, 6.07) is 14.8. The summed E-state index contributed by atoms with van der Waals surface area (Å²) in [5, 5.41) is 0. The van der Waals surface area contributed by atoms with Gasteiger partial charge in [0.25, 0.3) is 0 Å². The van der Waals surface area contributed by atoms with Crippen LogP contribution in [-0.4, -0.2) is 33.9 Å². The highest BCUT2D eigenvalue weighted by atomic mass is 35.5. The molecule has 24 heavy (non-hydrogen) atoms. The molecule has 1 aromatic carbocycles. The van der Waals surface area contributed by atoms with Crippen molar-refractivity contribution in [1.82, 2.24) is 14.3 Å². The van der Waals surface area contributed by atoms with Crippen LogP contribution in [0.2, 0.25) is 0 Å². The standard InChI is InChI=1S/C19H24N4.ClH/c1-16-7-11-23-18(14-21-19(23)13-16)15-22(12-9-20)10-8-17-5-3-2-4-6-17;/h2-7,11,13-14H,8-10,12,15,20H2,1H3;1H. The first-order valence-electron chi connectivity index (χ1n) is 8.15. The lowest BCUT2D eigenvalue weighted by atomic mass is 10.1. The van der Waals surface area contributed by atoms with Gasteiger partial charge in [-0.2, -0.15) is 0 Å². The fourth-order valence-corrected chi connectivity index (χ4v) is 2.87. The molecule has 5 heteroatoms. The summed E-state index contributed by atoms with van der Waals surface area (Å²) in [5.41, 5.74) is 10.6. The molecule has 0 amide bonds. The summed E-state index contributed by atoms with van der Waals surface area (Å²) in [7, 11) is 0. The summed E-state index contributed by atoms with van der Waals surface area (Å²) < 4.78 is 2.17. The highest BCUT2D eigenvalue weighted by Crippen LogP contribution is 2.12. The number of rotatable bonds is 7. The molecule has 3 aromatic rings. The highest BCUT2D eigenvalue weighted by Gasteiger charge is 2.10. The smallest absolute Gasteiger partial charge is 0.137 e. The average molecular weight is 345 g/mol. The largest absolute Gasteiger partial charge is 0.329 e. The molecule has 0 aliphatic carbocycles. The summed E-state index contributed by atoms with van der Waals surface area (Å²) in [6.45, 7) is 5.53. The van der Waals surface area contributed by atoms with Gasteiger partial charge in [0, 0.05) is 32.4 Å². The van der Waals surface area contributed by atoms with E-state index in [9.17, 15) is 0 Å². The Bertz CT molecular complexity index is 754. The monoisotopic (exact) mass is 344 g/mol. The zero-order valence-corrected chi connectivity index (χ0v) is 14.9. The van der Waals surface area contributed by atoms with Crippen LogP contribution < -0.4 is 5.73 Å². The first-order chi connectivity index (χ1) is 11.3. The highest BCUT2D eigenvalue weighted by molar-refractivity contribution is 5.85. The van der Waals surface area contributed by atoms with Crippen molar-refractivity contribution >= 4 is 18.1 Å². The van der Waals surface area contributed by atoms with Gasteiger partial charge in [-0.05, 0) is 36.6 Å². The number of nitrogens with zero attached hydrogens (tertiary/aromatic N) is 3. The molecule has 0 fully saturated rings. The lowest BCUT2D eigenvalue weighted by Gasteiger charge is -2.21. The van der Waals surface area contributed by atoms with Crippen LogP contribution in [0.15, 0.2) is 54.9 Å². The lowest BCUT2D eigenvalue weighted by molar-refractivity contribution is 0.272. The molecule has 0 atom stereocenters. The number of hydrogen-bond donors (Lipinski definition) is 1. The van der Waals surface area contributed by atoms with Crippen LogP contribution in [-0.2, 0) is 13.0 Å². The Morgan fingerprint density at radius 2 is 1.92 bits per heavy atom. The summed E-state index contributed by atoms with van der Waals surface area (Å²) in [5.74, 6) is 0. The molecule has 3 rings (SSSR count). The van der Waals surface area contributed by atoms with E-state index in [0.717, 1.165) is 31.7 Å². The maximum atomic E-state index is 5.80. The third-order valence-electron chi connectivity index (χ3n) is 4.14. The molecule has 0 saturated heterocycles. The van der Waals surface area contributed by atoms with Crippen molar-refractivity contribution in [3.8, 4) is 0 Å². The van der Waals surface area contributed by atoms with E-state index in [2.05, 4.69) is 69.9 Å². The number of benzene rings is 1. The molecule has 0 spiro atoms. The minimum absolute atomic E-state index is 0. The molecule has 4 nitrogen and oxygen atoms in total. The van der Waals surface area contributed by atoms with Crippen molar-refractivity contribution < 1.29 is 0 Å². The number of pyridine rings is 1. The van der Waals surface area contributed by atoms with E-state index in [4.69, 9.17) is 5.73 Å². The Labute approximate surface area is 149 Å². The van der Waals surface area contributed by atoms with E-state index in [-0.39, 0.29) is 12.4 Å². The first-order valence-corrected chi connectivity index (χ1v) is 8.15. The fourth-order valence-electron chi connectivity index (χ4n) is 2.87. The summed E-state index contributed by atoms with van der Waals surface area (Å²) in [6.07, 6.45) is 5.11. The average Bonchev–Trinajstić information content (AvgIpc) is 2.96. The van der Waals surface area contributed by atoms with Crippen molar-refractivity contribution in [2.75, 3.05) is 19.6 Å². The Kier molecular flexibility index (Phi) is 6.79. The van der Waals surface area contributed by atoms with Crippen LogP contribution in [0.5, 0.6) is 0 Å². The van der Waals surface area contributed by atoms with Crippen LogP contribution in [0.4, 0.5) is 0 Å². The third-order valence-corrected chi connectivity index (χ3v) is 4.14. The van der Waals surface area contributed by atoms with Crippen molar-refractivity contribution in [2.24, 2.45) is 5.73 Å². The minimum Gasteiger partial charge on any atom is -0.329 e. The number of aromatic nitrogens is 2. The van der Waals surface area contributed by atoms with E-state index in [0.29, 0.717) is 6.54 Å². The van der Waals surface area contributed by atoms with Crippen molar-refractivity contribution in [3.05, 3.63) is 71.7 Å². The summed E-state index contributed by atoms with van der Waals surface area (Å²) in [4.78, 5) is 6.92. The number of halogens is 1. The van der Waals surface area contributed by atoms with Crippen LogP contribution in [0.3, 0.4) is 0 Å². The van der Waals surface area contributed by atoms with Crippen molar-refractivity contribution in [1.29, 1.82) is 0 Å². The normalized spacial score (nSPS) is 11.0. The Hall–Kier alpha value is -1.88. The Morgan fingerprint density at radius 3 is 2.67 bits per heavy atom. The second-order valence-corrected chi connectivity index (χ2v) is 5.98. The maximum Gasteiger partial charge on any atom is 0.137 e. The van der Waals surface area contributed by atoms with E-state index in [1.807, 2.05) is 6.20 Å². The molecule has 0 aliphatic rings. The van der Waals surface area contributed by atoms with E-state index in [1.165, 1.54) is 16.8 Å². The number of imidazole rings is 1. The third kappa shape index (κ3) is 4.57. The van der Waals surface area contributed by atoms with Gasteiger partial charge in [-0.1, -0.05) is 30.3 Å². The molecular formula is C19H25ClN4. The van der Waals surface area contributed by atoms with Gasteiger partial charge < -0.3 is 10.1 Å². The van der Waals surface area contributed by atoms with Crippen molar-refractivity contribution in [2.45, 2.75) is 19.9 Å². The van der Waals surface area contributed by atoms with Gasteiger partial charge in [0.15, 0.2) is 0 Å². The molecule has 0 saturated carbocycles. The number of hydrogen-bond acceptors (Lipinski definition) is 3. The van der Waals surface area contributed by atoms with Gasteiger partial charge in [-0.3, -0.25) is 4.90 Å². The second kappa shape index (κ2) is 8.83. The molecule has 0 radical (unpaired) electrons. The zero-order valence-electron chi connectivity index (χ0n) is 14.1. The van der Waals surface area contributed by atoms with Gasteiger partial charge in [0.1, 0.15) is 5.65 Å². The lowest BCUT2D eigenvalue weighted by Crippen LogP contribution is -2.31. The van der Waals surface area contributed by atoms with E-state index in [1.54, 1.807) is 0 Å². The molecule has 0 unspecified atom stereocenters. The number of fused-ring (bicyclic) bond motifs is 1. The predicted molar refractivity (Wildman–Crippen MR) is 102 cm³/mol. The molecule has 2 aromatic heterocycles. The SMILES string of the molecule is Cc1ccn2c(CN(CCN)CCc3ccccc3)cnc2c1.Cl. The predicted octanol–water partition coefficient (Wildman–Crippen LogP) is 3.07. The van der Waals surface area contributed by atoms with Gasteiger partial charge in [-0.15, -0.1) is 12.4 Å². The van der Waals surface area contributed by atoms with Gasteiger partial charge in [0.05, 0.1) is 11.9 Å². The topological polar surface area (TPSA) is 46.6 Å². The van der Waals surface area contributed by atoms with Gasteiger partial charge >= 0.3 is 0 Å². The second-order valence-electron chi connectivity index (χ2n) is 5.98. The molecule has 0 bridgehead atoms. The molecule has 128 valence electrons. The fraction of sp³-hybridized carbons (Fsp3) is 0.316. The summed E-state index contributed by atoms with van der Waals surface area (Å²) >= 11 is 0. The molecule has 2 heterocycles. The molecular weight excluding hydrogens is 320 g/mol. The van der Waals surface area contributed by atoms with E-state index >= 15 is 0 Å². The van der Waals surface area contributed by atoms with Gasteiger partial charge in [-0.25, -0.2) is 4.98 Å². The quantitative estimate of drug-likeness (QED) is 0.716.